The highest BCUT2D eigenvalue weighted by molar-refractivity contribution is 8.00. The Kier molecular flexibility index (Phi) is 4.97. The topological polar surface area (TPSA) is 78.3 Å². The van der Waals surface area contributed by atoms with Gasteiger partial charge in [0, 0.05) is 12.2 Å². The minimum Gasteiger partial charge on any atom is -0.454 e. The van der Waals surface area contributed by atoms with Crippen molar-refractivity contribution in [1.29, 1.82) is 0 Å². The predicted octanol–water partition coefficient (Wildman–Crippen LogP) is 2.79. The van der Waals surface area contributed by atoms with E-state index in [2.05, 4.69) is 15.5 Å². The van der Waals surface area contributed by atoms with Crippen LogP contribution in [-0.4, -0.2) is 32.7 Å². The van der Waals surface area contributed by atoms with Crippen molar-refractivity contribution < 1.29 is 14.3 Å². The molecular formula is C19H18N4O3S. The Bertz CT molecular complexity index is 945. The molecule has 1 aliphatic rings. The van der Waals surface area contributed by atoms with Crippen LogP contribution in [0, 0.1) is 0 Å². The molecule has 1 atom stereocenters. The highest BCUT2D eigenvalue weighted by atomic mass is 32.2. The minimum atomic E-state index is -0.314. The SMILES string of the molecule is CC(Sc1nncn1-c1ccccc1)C(=O)NCc1ccc2c(c1)OCO2. The molecule has 7 nitrogen and oxygen atoms in total. The van der Waals surface area contributed by atoms with Gasteiger partial charge in [-0.3, -0.25) is 9.36 Å². The second-order valence-electron chi connectivity index (χ2n) is 5.98. The number of carbonyl (C=O) groups excluding carboxylic acids is 1. The fourth-order valence-electron chi connectivity index (χ4n) is 2.67. The van der Waals surface area contributed by atoms with Crippen molar-refractivity contribution in [2.45, 2.75) is 23.9 Å². The molecule has 1 aliphatic heterocycles. The highest BCUT2D eigenvalue weighted by Gasteiger charge is 2.19. The van der Waals surface area contributed by atoms with Crippen LogP contribution in [0.25, 0.3) is 5.69 Å². The van der Waals surface area contributed by atoms with Gasteiger partial charge in [-0.15, -0.1) is 10.2 Å². The van der Waals surface area contributed by atoms with Gasteiger partial charge in [-0.05, 0) is 36.8 Å². The van der Waals surface area contributed by atoms with Crippen LogP contribution in [0.3, 0.4) is 0 Å². The summed E-state index contributed by atoms with van der Waals surface area (Å²) in [6.07, 6.45) is 1.65. The maximum absolute atomic E-state index is 12.5. The van der Waals surface area contributed by atoms with E-state index in [-0.39, 0.29) is 18.0 Å². The van der Waals surface area contributed by atoms with Gasteiger partial charge in [0.25, 0.3) is 0 Å². The van der Waals surface area contributed by atoms with Gasteiger partial charge in [-0.2, -0.15) is 0 Å². The number of nitrogens with zero attached hydrogens (tertiary/aromatic N) is 3. The number of rotatable bonds is 6. The first-order valence-electron chi connectivity index (χ1n) is 8.49. The third kappa shape index (κ3) is 3.90. The lowest BCUT2D eigenvalue weighted by Gasteiger charge is -2.12. The largest absolute Gasteiger partial charge is 0.454 e. The van der Waals surface area contributed by atoms with Crippen LogP contribution in [0.2, 0.25) is 0 Å². The molecule has 0 bridgehead atoms. The van der Waals surface area contributed by atoms with Crippen LogP contribution in [0.15, 0.2) is 60.0 Å². The third-order valence-electron chi connectivity index (χ3n) is 4.11. The summed E-state index contributed by atoms with van der Waals surface area (Å²) in [6, 6.07) is 15.4. The molecule has 0 aliphatic carbocycles. The number of ether oxygens (including phenoxy) is 2. The monoisotopic (exact) mass is 382 g/mol. The van der Waals surface area contributed by atoms with Crippen molar-refractivity contribution >= 4 is 17.7 Å². The van der Waals surface area contributed by atoms with Crippen LogP contribution >= 0.6 is 11.8 Å². The second kappa shape index (κ2) is 7.71. The average Bonchev–Trinajstić information content (AvgIpc) is 3.35. The van der Waals surface area contributed by atoms with Crippen molar-refractivity contribution in [1.82, 2.24) is 20.1 Å². The van der Waals surface area contributed by atoms with Crippen molar-refractivity contribution in [3.63, 3.8) is 0 Å². The van der Waals surface area contributed by atoms with Crippen LogP contribution in [-0.2, 0) is 11.3 Å². The number of aromatic nitrogens is 3. The standard InChI is InChI=1S/C19H18N4O3S/c1-13(27-19-22-21-11-23(19)15-5-3-2-4-6-15)18(24)20-10-14-7-8-16-17(9-14)26-12-25-16/h2-9,11,13H,10,12H2,1H3,(H,20,24). The van der Waals surface area contributed by atoms with E-state index < -0.39 is 0 Å². The van der Waals surface area contributed by atoms with E-state index in [0.717, 1.165) is 17.0 Å². The molecule has 8 heteroatoms. The molecule has 138 valence electrons. The Balaban J connectivity index is 1.37. The zero-order valence-corrected chi connectivity index (χ0v) is 15.5. The van der Waals surface area contributed by atoms with Crippen molar-refractivity contribution in [2.24, 2.45) is 0 Å². The maximum atomic E-state index is 12.5. The van der Waals surface area contributed by atoms with Gasteiger partial charge in [0.1, 0.15) is 6.33 Å². The third-order valence-corrected chi connectivity index (χ3v) is 5.16. The fourth-order valence-corrected chi connectivity index (χ4v) is 3.53. The lowest BCUT2D eigenvalue weighted by molar-refractivity contribution is -0.120. The molecule has 0 fully saturated rings. The van der Waals surface area contributed by atoms with Crippen molar-refractivity contribution in [3.05, 3.63) is 60.4 Å². The van der Waals surface area contributed by atoms with Crippen molar-refractivity contribution in [3.8, 4) is 17.2 Å². The van der Waals surface area contributed by atoms with E-state index in [0.29, 0.717) is 17.5 Å². The lowest BCUT2D eigenvalue weighted by Crippen LogP contribution is -2.30. The second-order valence-corrected chi connectivity index (χ2v) is 7.29. The van der Waals surface area contributed by atoms with Gasteiger partial charge in [-0.25, -0.2) is 0 Å². The number of nitrogens with one attached hydrogen (secondary N) is 1. The summed E-state index contributed by atoms with van der Waals surface area (Å²) in [7, 11) is 0. The van der Waals surface area contributed by atoms with Crippen LogP contribution in [0.5, 0.6) is 11.5 Å². The lowest BCUT2D eigenvalue weighted by atomic mass is 10.2. The number of carbonyl (C=O) groups is 1. The molecule has 27 heavy (non-hydrogen) atoms. The number of thioether (sulfide) groups is 1. The highest BCUT2D eigenvalue weighted by Crippen LogP contribution is 2.32. The summed E-state index contributed by atoms with van der Waals surface area (Å²) in [5.74, 6) is 1.37. The minimum absolute atomic E-state index is 0.0692. The molecule has 2 heterocycles. The van der Waals surface area contributed by atoms with Gasteiger partial charge < -0.3 is 14.8 Å². The Hall–Kier alpha value is -3.00. The normalized spacial score (nSPS) is 13.4. The summed E-state index contributed by atoms with van der Waals surface area (Å²) in [6.45, 7) is 2.51. The van der Waals surface area contributed by atoms with E-state index in [4.69, 9.17) is 9.47 Å². The molecule has 1 amide bonds. The van der Waals surface area contributed by atoms with Crippen LogP contribution in [0.4, 0.5) is 0 Å². The Morgan fingerprint density at radius 3 is 2.89 bits per heavy atom. The Morgan fingerprint density at radius 2 is 2.04 bits per heavy atom. The van der Waals surface area contributed by atoms with Crippen LogP contribution in [0.1, 0.15) is 12.5 Å². The van der Waals surface area contributed by atoms with Crippen LogP contribution < -0.4 is 14.8 Å². The van der Waals surface area contributed by atoms with E-state index in [1.165, 1.54) is 11.8 Å². The molecule has 4 rings (SSSR count). The first kappa shape index (κ1) is 17.4. The summed E-state index contributed by atoms with van der Waals surface area (Å²) in [5, 5.41) is 11.4. The number of amides is 1. The molecule has 1 unspecified atom stereocenters. The van der Waals surface area contributed by atoms with Gasteiger partial charge in [0.15, 0.2) is 16.7 Å². The number of hydrogen-bond acceptors (Lipinski definition) is 6. The molecule has 2 aromatic carbocycles. The van der Waals surface area contributed by atoms with Gasteiger partial charge in [0.2, 0.25) is 12.7 Å². The molecule has 1 aromatic heterocycles. The molecule has 0 saturated carbocycles. The molecule has 1 N–H and O–H groups in total. The van der Waals surface area contributed by atoms with Gasteiger partial charge in [-0.1, -0.05) is 36.0 Å². The number of benzene rings is 2. The van der Waals surface area contributed by atoms with E-state index >= 15 is 0 Å². The molecule has 0 radical (unpaired) electrons. The summed E-state index contributed by atoms with van der Waals surface area (Å²) in [5.41, 5.74) is 1.91. The van der Waals surface area contributed by atoms with E-state index in [1.54, 1.807) is 6.33 Å². The summed E-state index contributed by atoms with van der Waals surface area (Å²) in [4.78, 5) is 12.5. The zero-order valence-electron chi connectivity index (χ0n) is 14.7. The molecular weight excluding hydrogens is 364 g/mol. The molecule has 0 saturated heterocycles. The number of hydrogen-bond donors (Lipinski definition) is 1. The smallest absolute Gasteiger partial charge is 0.233 e. The molecule has 3 aromatic rings. The van der Waals surface area contributed by atoms with Crippen molar-refractivity contribution in [2.75, 3.05) is 6.79 Å². The zero-order chi connectivity index (χ0) is 18.6. The quantitative estimate of drug-likeness (QED) is 0.661. The van der Waals surface area contributed by atoms with Gasteiger partial charge in [0.05, 0.1) is 5.25 Å². The number of para-hydroxylation sites is 1. The number of fused-ring (bicyclic) bond motifs is 1. The fraction of sp³-hybridized carbons (Fsp3) is 0.211. The molecule has 0 spiro atoms. The summed E-state index contributed by atoms with van der Waals surface area (Å²) >= 11 is 1.37. The Labute approximate surface area is 160 Å². The first-order chi connectivity index (χ1) is 13.2. The van der Waals surface area contributed by atoms with E-state index in [1.807, 2.05) is 60.0 Å². The average molecular weight is 382 g/mol. The Morgan fingerprint density at radius 1 is 1.22 bits per heavy atom. The summed E-state index contributed by atoms with van der Waals surface area (Å²) < 4.78 is 12.5. The van der Waals surface area contributed by atoms with Gasteiger partial charge >= 0.3 is 0 Å². The first-order valence-corrected chi connectivity index (χ1v) is 9.37. The predicted molar refractivity (Wildman–Crippen MR) is 101 cm³/mol. The maximum Gasteiger partial charge on any atom is 0.233 e. The van der Waals surface area contributed by atoms with E-state index in [9.17, 15) is 4.79 Å².